The number of rotatable bonds is 6. The van der Waals surface area contributed by atoms with E-state index < -0.39 is 0 Å². The van der Waals surface area contributed by atoms with Gasteiger partial charge in [-0.3, -0.25) is 9.69 Å². The second-order valence-electron chi connectivity index (χ2n) is 7.77. The van der Waals surface area contributed by atoms with E-state index in [1.807, 2.05) is 54.8 Å². The number of anilines is 1. The zero-order valence-electron chi connectivity index (χ0n) is 18.6. The van der Waals surface area contributed by atoms with Crippen molar-refractivity contribution >= 4 is 35.6 Å². The topological polar surface area (TPSA) is 23.3 Å². The van der Waals surface area contributed by atoms with E-state index in [2.05, 4.69) is 43.6 Å². The average Bonchev–Trinajstić information content (AvgIpc) is 2.89. The number of carbonyl (C=O) groups is 1. The Bertz CT molecular complexity index is 993. The van der Waals surface area contributed by atoms with Gasteiger partial charge in [-0.1, -0.05) is 43.3 Å². The van der Waals surface area contributed by atoms with Crippen LogP contribution < -0.4 is 34.5 Å². The maximum absolute atomic E-state index is 12.0. The predicted molar refractivity (Wildman–Crippen MR) is 123 cm³/mol. The smallest absolute Gasteiger partial charge is 0.780 e. The summed E-state index contributed by atoms with van der Waals surface area (Å²) < 4.78 is 2.38. The van der Waals surface area contributed by atoms with Gasteiger partial charge in [0.25, 0.3) is 0 Å². The molecule has 0 bridgehead atoms. The van der Waals surface area contributed by atoms with Crippen molar-refractivity contribution in [3.63, 3.8) is 0 Å². The van der Waals surface area contributed by atoms with Crippen molar-refractivity contribution in [2.75, 3.05) is 11.4 Å². The monoisotopic (exact) mass is 427 g/mol. The number of para-hydroxylation sites is 1. The van der Waals surface area contributed by atoms with Crippen LogP contribution in [0.2, 0.25) is 0 Å². The minimum atomic E-state index is -0.122. The van der Waals surface area contributed by atoms with E-state index in [-0.39, 0.29) is 40.9 Å². The van der Waals surface area contributed by atoms with E-state index in [9.17, 15) is 4.79 Å². The number of hydrogen-bond acceptors (Lipinski definition) is 2. The van der Waals surface area contributed by atoms with E-state index in [4.69, 9.17) is 12.6 Å². The van der Waals surface area contributed by atoms with Crippen molar-refractivity contribution in [1.82, 2.24) is 0 Å². The first-order chi connectivity index (χ1) is 13.9. The molecule has 0 saturated heterocycles. The van der Waals surface area contributed by atoms with Crippen LogP contribution in [-0.2, 0) is 22.8 Å². The molecular weight excluding hydrogens is 399 g/mol. The van der Waals surface area contributed by atoms with Gasteiger partial charge in [0.15, 0.2) is 5.71 Å². The van der Waals surface area contributed by atoms with Crippen molar-refractivity contribution in [1.29, 1.82) is 0 Å². The Labute approximate surface area is 207 Å². The van der Waals surface area contributed by atoms with Gasteiger partial charge in [-0.05, 0) is 32.1 Å². The Balaban J connectivity index is 0.00000320. The molecule has 1 heterocycles. The fraction of sp³-hybridized carbons (Fsp3) is 0.280. The minimum absolute atomic E-state index is 0. The number of nitrogens with zero attached hydrogens (tertiary/aromatic N) is 2. The molecule has 0 aromatic heterocycles. The Morgan fingerprint density at radius 3 is 2.47 bits per heavy atom. The molecule has 3 rings (SSSR count). The standard InChI is InChI=1S/C25H28N2OS.Na/c1-5-16-27-23-15-14-21(29)18-22(23)25(3,4)24(27)13-9-10-17-26(19(2)28)20-11-7-6-8-12-20;/h6-15,17-18H,5,16H2,1-4H3;/q;+1. The number of allylic oxidation sites excluding steroid dienone is 3. The normalized spacial score (nSPS) is 14.8. The Morgan fingerprint density at radius 2 is 1.83 bits per heavy atom. The number of hydrogen-bond donors (Lipinski definition) is 0. The van der Waals surface area contributed by atoms with Gasteiger partial charge in [-0.2, -0.15) is 9.47 Å². The molecule has 5 heteroatoms. The van der Waals surface area contributed by atoms with Gasteiger partial charge in [0.05, 0.1) is 5.41 Å². The summed E-state index contributed by atoms with van der Waals surface area (Å²) in [5.74, 6) is -0.0207. The van der Waals surface area contributed by atoms with Crippen LogP contribution in [0.15, 0.2) is 77.9 Å². The molecule has 0 radical (unpaired) electrons. The van der Waals surface area contributed by atoms with Crippen LogP contribution in [0, 0.1) is 0 Å². The molecule has 0 aliphatic carbocycles. The van der Waals surface area contributed by atoms with Gasteiger partial charge in [-0.15, -0.1) is 0 Å². The van der Waals surface area contributed by atoms with Crippen molar-refractivity contribution < 1.29 is 38.9 Å². The molecule has 3 nitrogen and oxygen atoms in total. The Kier molecular flexibility index (Phi) is 8.62. The quantitative estimate of drug-likeness (QED) is 0.306. The van der Waals surface area contributed by atoms with Crippen LogP contribution in [0.5, 0.6) is 0 Å². The number of fused-ring (bicyclic) bond motifs is 1. The van der Waals surface area contributed by atoms with Gasteiger partial charge >= 0.3 is 29.6 Å². The molecule has 0 fully saturated rings. The number of carbonyl (C=O) groups excluding carboxylic acids is 1. The van der Waals surface area contributed by atoms with Gasteiger partial charge < -0.3 is 12.6 Å². The third-order valence-corrected chi connectivity index (χ3v) is 5.54. The maximum atomic E-state index is 12.0. The van der Waals surface area contributed by atoms with E-state index in [1.54, 1.807) is 11.8 Å². The van der Waals surface area contributed by atoms with Gasteiger partial charge in [0, 0.05) is 42.9 Å². The second kappa shape index (κ2) is 10.5. The number of amides is 1. The van der Waals surface area contributed by atoms with Crippen LogP contribution in [0.25, 0.3) is 0 Å². The molecule has 0 unspecified atom stereocenters. The Morgan fingerprint density at radius 1 is 1.13 bits per heavy atom. The van der Waals surface area contributed by atoms with E-state index >= 15 is 0 Å². The van der Waals surface area contributed by atoms with Crippen molar-refractivity contribution in [3.8, 4) is 0 Å². The van der Waals surface area contributed by atoms with Gasteiger partial charge in [-0.25, -0.2) is 0 Å². The zero-order valence-corrected chi connectivity index (χ0v) is 21.4. The first-order valence-corrected chi connectivity index (χ1v) is 10.4. The van der Waals surface area contributed by atoms with Gasteiger partial charge in [0.2, 0.25) is 11.6 Å². The fourth-order valence-electron chi connectivity index (χ4n) is 3.86. The molecule has 30 heavy (non-hydrogen) atoms. The summed E-state index contributed by atoms with van der Waals surface area (Å²) in [4.78, 5) is 14.6. The van der Waals surface area contributed by atoms with Gasteiger partial charge in [0.1, 0.15) is 6.54 Å². The minimum Gasteiger partial charge on any atom is -0.780 e. The van der Waals surface area contributed by atoms with E-state index in [0.29, 0.717) is 0 Å². The molecule has 0 saturated carbocycles. The van der Waals surface area contributed by atoms with Crippen LogP contribution in [0.1, 0.15) is 39.7 Å². The summed E-state index contributed by atoms with van der Waals surface area (Å²) in [6, 6.07) is 15.9. The molecule has 2 aromatic carbocycles. The summed E-state index contributed by atoms with van der Waals surface area (Å²) in [7, 11) is 0. The van der Waals surface area contributed by atoms with E-state index in [0.717, 1.165) is 23.5 Å². The molecule has 1 amide bonds. The van der Waals surface area contributed by atoms with Crippen molar-refractivity contribution in [2.45, 2.75) is 44.4 Å². The molecule has 0 atom stereocenters. The second-order valence-corrected chi connectivity index (χ2v) is 8.24. The van der Waals surface area contributed by atoms with Crippen LogP contribution in [-0.4, -0.2) is 22.7 Å². The molecule has 0 N–H and O–H groups in total. The third kappa shape index (κ3) is 5.12. The summed E-state index contributed by atoms with van der Waals surface area (Å²) in [5.41, 5.74) is 4.49. The molecule has 1 aliphatic heterocycles. The fourth-order valence-corrected chi connectivity index (χ4v) is 4.05. The molecular formula is C25H28N2NaOS+. The first kappa shape index (κ1) is 24.5. The largest absolute Gasteiger partial charge is 1.00 e. The molecule has 150 valence electrons. The summed E-state index contributed by atoms with van der Waals surface area (Å²) in [5, 5.41) is 0. The SMILES string of the molecule is CCC[N+]1=C(/C=C/C=C/N(C(C)=O)c2ccccc2)C(C)(C)c2cc([S-])ccc21.[Na+]. The van der Waals surface area contributed by atoms with Crippen LogP contribution in [0.3, 0.4) is 0 Å². The Hall–Kier alpha value is -1.72. The van der Waals surface area contributed by atoms with E-state index in [1.165, 1.54) is 17.0 Å². The predicted octanol–water partition coefficient (Wildman–Crippen LogP) is 2.51. The first-order valence-electron chi connectivity index (χ1n) is 10.0. The molecule has 2 aromatic rings. The summed E-state index contributed by atoms with van der Waals surface area (Å²) in [6.45, 7) is 9.21. The maximum Gasteiger partial charge on any atom is 1.00 e. The molecule has 0 spiro atoms. The van der Waals surface area contributed by atoms with Crippen molar-refractivity contribution in [2.24, 2.45) is 0 Å². The zero-order chi connectivity index (χ0) is 21.0. The van der Waals surface area contributed by atoms with Crippen LogP contribution >= 0.6 is 0 Å². The molecule has 1 aliphatic rings. The summed E-state index contributed by atoms with van der Waals surface area (Å²) >= 11 is 5.41. The van der Waals surface area contributed by atoms with Crippen molar-refractivity contribution in [3.05, 3.63) is 78.5 Å². The number of benzene rings is 2. The summed E-state index contributed by atoms with van der Waals surface area (Å²) in [6.07, 6.45) is 8.96. The third-order valence-electron chi connectivity index (χ3n) is 5.28. The average molecular weight is 428 g/mol. The van der Waals surface area contributed by atoms with Crippen LogP contribution in [0.4, 0.5) is 11.4 Å².